The Hall–Kier alpha value is -0.573. The van der Waals surface area contributed by atoms with Crippen LogP contribution in [0.25, 0.3) is 10.8 Å². The zero-order chi connectivity index (χ0) is 6.97. The molecular weight excluding hydrogens is 127 g/mol. The number of hydrogen-bond acceptors (Lipinski definition) is 0. The third kappa shape index (κ3) is 1.53. The Morgan fingerprint density at radius 3 is 2.82 bits per heavy atom. The molecule has 0 aliphatic heterocycles. The second-order valence-electron chi connectivity index (χ2n) is 2.66. The molecule has 0 fully saturated rings. The first-order valence-electron chi connectivity index (χ1n) is 3.48. The minimum atomic E-state index is 0. The normalized spacial score (nSPS) is 9.55. The Bertz CT molecular complexity index is 346. The summed E-state index contributed by atoms with van der Waals surface area (Å²) in [5, 5.41) is 2.69. The Morgan fingerprint density at radius 2 is 2.00 bits per heavy atom. The second kappa shape index (κ2) is 3.22. The maximum absolute atomic E-state index is 2.20. The summed E-state index contributed by atoms with van der Waals surface area (Å²) in [4.78, 5) is 0. The molecule has 0 radical (unpaired) electrons. The first-order chi connectivity index (χ1) is 4.86. The average molecular weight is 136 g/mol. The van der Waals surface area contributed by atoms with Crippen molar-refractivity contribution in [3.05, 3.63) is 42.0 Å². The molecule has 0 saturated heterocycles. The molecule has 0 N–H and O–H groups in total. The van der Waals surface area contributed by atoms with Crippen molar-refractivity contribution >= 4 is 10.8 Å². The van der Waals surface area contributed by atoms with E-state index in [1.54, 1.807) is 0 Å². The van der Waals surface area contributed by atoms with E-state index in [2.05, 4.69) is 43.3 Å². The molecule has 0 unspecified atom stereocenters. The van der Waals surface area contributed by atoms with Gasteiger partial charge in [-0.15, -0.1) is 29.0 Å². The van der Waals surface area contributed by atoms with Crippen LogP contribution in [0.3, 0.4) is 0 Å². The summed E-state index contributed by atoms with van der Waals surface area (Å²) in [6, 6.07) is 12.9. The van der Waals surface area contributed by atoms with Crippen LogP contribution < -0.4 is 18.9 Å². The van der Waals surface area contributed by atoms with Crippen LogP contribution in [-0.2, 0) is 0 Å². The van der Waals surface area contributed by atoms with Crippen molar-refractivity contribution in [2.75, 3.05) is 0 Å². The predicted molar refractivity (Wildman–Crippen MR) is 44.3 cm³/mol. The van der Waals surface area contributed by atoms with E-state index in [1.807, 2.05) is 0 Å². The van der Waals surface area contributed by atoms with Crippen LogP contribution in [0.2, 0.25) is 0 Å². The first kappa shape index (κ1) is 8.52. The molecule has 1 heteroatoms. The molecule has 0 spiro atoms. The van der Waals surface area contributed by atoms with Crippen LogP contribution in [0.4, 0.5) is 0 Å². The zero-order valence-electron chi connectivity index (χ0n) is 6.96. The standard InChI is InChI=1S/C10H9.Li/c1-8-5-6-9-3-2-4-10(9)7-8;/h2-7H,1H3;/q-1;+1. The maximum Gasteiger partial charge on any atom is 1.00 e. The summed E-state index contributed by atoms with van der Waals surface area (Å²) in [6.45, 7) is 2.12. The van der Waals surface area contributed by atoms with Gasteiger partial charge < -0.3 is 0 Å². The molecule has 2 rings (SSSR count). The van der Waals surface area contributed by atoms with Crippen molar-refractivity contribution in [2.24, 2.45) is 0 Å². The molecule has 0 amide bonds. The molecule has 0 aliphatic rings. The fourth-order valence-corrected chi connectivity index (χ4v) is 1.25. The van der Waals surface area contributed by atoms with Crippen molar-refractivity contribution < 1.29 is 18.9 Å². The summed E-state index contributed by atoms with van der Waals surface area (Å²) in [5.74, 6) is 0. The molecule has 0 saturated carbocycles. The molecule has 0 aromatic heterocycles. The SMILES string of the molecule is Cc1ccc2cc[cH-]c2c1.[Li+]. The number of aryl methyl sites for hydroxylation is 1. The summed E-state index contributed by atoms with van der Waals surface area (Å²) >= 11 is 0. The van der Waals surface area contributed by atoms with Gasteiger partial charge in [-0.3, -0.25) is 0 Å². The quantitative estimate of drug-likeness (QED) is 0.349. The van der Waals surface area contributed by atoms with E-state index in [0.717, 1.165) is 0 Å². The van der Waals surface area contributed by atoms with Gasteiger partial charge in [-0.25, -0.2) is 0 Å². The molecule has 2 aromatic rings. The first-order valence-corrected chi connectivity index (χ1v) is 3.48. The van der Waals surface area contributed by atoms with Crippen LogP contribution in [0.5, 0.6) is 0 Å². The summed E-state index contributed by atoms with van der Waals surface area (Å²) in [5.41, 5.74) is 1.33. The van der Waals surface area contributed by atoms with Crippen molar-refractivity contribution in [1.29, 1.82) is 0 Å². The van der Waals surface area contributed by atoms with Gasteiger partial charge in [0, 0.05) is 0 Å². The van der Waals surface area contributed by atoms with Crippen LogP contribution >= 0.6 is 0 Å². The van der Waals surface area contributed by atoms with E-state index in [4.69, 9.17) is 0 Å². The minimum Gasteiger partial charge on any atom is -0.168 e. The fourth-order valence-electron chi connectivity index (χ4n) is 1.25. The Labute approximate surface area is 78.8 Å². The number of benzene rings is 1. The maximum atomic E-state index is 2.20. The molecule has 0 atom stereocenters. The summed E-state index contributed by atoms with van der Waals surface area (Å²) in [6.07, 6.45) is 0. The van der Waals surface area contributed by atoms with Gasteiger partial charge in [0.1, 0.15) is 0 Å². The number of hydrogen-bond donors (Lipinski definition) is 0. The van der Waals surface area contributed by atoms with Crippen molar-refractivity contribution in [2.45, 2.75) is 6.92 Å². The van der Waals surface area contributed by atoms with Gasteiger partial charge in [0.05, 0.1) is 0 Å². The van der Waals surface area contributed by atoms with Gasteiger partial charge in [0.2, 0.25) is 0 Å². The summed E-state index contributed by atoms with van der Waals surface area (Å²) < 4.78 is 0. The van der Waals surface area contributed by atoms with E-state index in [0.29, 0.717) is 0 Å². The van der Waals surface area contributed by atoms with Crippen LogP contribution in [0.15, 0.2) is 36.4 Å². The number of fused-ring (bicyclic) bond motifs is 1. The smallest absolute Gasteiger partial charge is 0.168 e. The van der Waals surface area contributed by atoms with Gasteiger partial charge in [-0.1, -0.05) is 11.6 Å². The van der Waals surface area contributed by atoms with Gasteiger partial charge in [0.15, 0.2) is 0 Å². The molecule has 0 heterocycles. The van der Waals surface area contributed by atoms with E-state index >= 15 is 0 Å². The fraction of sp³-hybridized carbons (Fsp3) is 0.100. The third-order valence-electron chi connectivity index (χ3n) is 1.79. The largest absolute Gasteiger partial charge is 1.00 e. The van der Waals surface area contributed by atoms with Gasteiger partial charge in [0.25, 0.3) is 0 Å². The summed E-state index contributed by atoms with van der Waals surface area (Å²) in [7, 11) is 0. The van der Waals surface area contributed by atoms with Gasteiger partial charge >= 0.3 is 18.9 Å². The van der Waals surface area contributed by atoms with Crippen LogP contribution in [-0.4, -0.2) is 0 Å². The molecular formula is C10H9Li. The van der Waals surface area contributed by atoms with Crippen molar-refractivity contribution in [3.63, 3.8) is 0 Å². The molecule has 50 valence electrons. The van der Waals surface area contributed by atoms with Crippen LogP contribution in [0.1, 0.15) is 5.56 Å². The third-order valence-corrected chi connectivity index (χ3v) is 1.79. The molecule has 2 aromatic carbocycles. The number of rotatable bonds is 0. The van der Waals surface area contributed by atoms with Crippen molar-refractivity contribution in [3.8, 4) is 0 Å². The second-order valence-corrected chi connectivity index (χ2v) is 2.66. The van der Waals surface area contributed by atoms with Crippen LogP contribution in [0, 0.1) is 6.92 Å². The molecule has 0 aliphatic carbocycles. The van der Waals surface area contributed by atoms with Gasteiger partial charge in [-0.05, 0) is 6.92 Å². The van der Waals surface area contributed by atoms with E-state index < -0.39 is 0 Å². The van der Waals surface area contributed by atoms with Gasteiger partial charge in [-0.2, -0.15) is 12.1 Å². The topological polar surface area (TPSA) is 0 Å². The molecule has 11 heavy (non-hydrogen) atoms. The van der Waals surface area contributed by atoms with Crippen molar-refractivity contribution in [1.82, 2.24) is 0 Å². The predicted octanol–water partition coefficient (Wildman–Crippen LogP) is -0.129. The van der Waals surface area contributed by atoms with E-state index in [-0.39, 0.29) is 18.9 Å². The Morgan fingerprint density at radius 1 is 1.18 bits per heavy atom. The Balaban J connectivity index is 0.000000605. The van der Waals surface area contributed by atoms with E-state index in [1.165, 1.54) is 16.3 Å². The minimum absolute atomic E-state index is 0. The monoisotopic (exact) mass is 136 g/mol. The average Bonchev–Trinajstić information content (AvgIpc) is 2.33. The zero-order valence-corrected chi connectivity index (χ0v) is 6.96. The molecule has 0 nitrogen and oxygen atoms in total. The Kier molecular flexibility index (Phi) is 2.49. The van der Waals surface area contributed by atoms with E-state index in [9.17, 15) is 0 Å². The molecule has 0 bridgehead atoms.